The maximum atomic E-state index is 11.6. The molecule has 0 aliphatic rings. The Morgan fingerprint density at radius 2 is 1.82 bits per heavy atom. The molecule has 9 nitrogen and oxygen atoms in total. The van der Waals surface area contributed by atoms with Crippen LogP contribution in [0.5, 0.6) is 0 Å². The van der Waals surface area contributed by atoms with Gasteiger partial charge in [-0.3, -0.25) is 14.4 Å². The molecule has 0 aliphatic heterocycles. The van der Waals surface area contributed by atoms with Crippen LogP contribution in [0.4, 0.5) is 0 Å². The highest BCUT2D eigenvalue weighted by Gasteiger charge is 2.21. The van der Waals surface area contributed by atoms with Crippen molar-refractivity contribution in [2.45, 2.75) is 31.3 Å². The summed E-state index contributed by atoms with van der Waals surface area (Å²) >= 11 is 1.54. The third-order valence-electron chi connectivity index (χ3n) is 2.67. The van der Waals surface area contributed by atoms with Gasteiger partial charge in [-0.2, -0.15) is 11.8 Å². The molecule has 0 heterocycles. The third-order valence-corrected chi connectivity index (χ3v) is 3.32. The first kappa shape index (κ1) is 20.2. The zero-order valence-corrected chi connectivity index (χ0v) is 13.0. The molecule has 0 saturated heterocycles. The molecule has 2 amide bonds. The molecule has 0 radical (unpaired) electrons. The molecular formula is C12H21N3O6S. The Hall–Kier alpha value is -1.81. The van der Waals surface area contributed by atoms with E-state index < -0.39 is 42.4 Å². The van der Waals surface area contributed by atoms with Gasteiger partial charge in [-0.15, -0.1) is 0 Å². The average molecular weight is 335 g/mol. The Morgan fingerprint density at radius 3 is 2.32 bits per heavy atom. The van der Waals surface area contributed by atoms with Crippen LogP contribution < -0.4 is 16.4 Å². The number of thioether (sulfide) groups is 1. The van der Waals surface area contributed by atoms with Gasteiger partial charge in [-0.1, -0.05) is 0 Å². The van der Waals surface area contributed by atoms with Crippen molar-refractivity contribution < 1.29 is 29.4 Å². The minimum absolute atomic E-state index is 0.239. The van der Waals surface area contributed by atoms with E-state index in [0.29, 0.717) is 12.2 Å². The van der Waals surface area contributed by atoms with E-state index in [0.717, 1.165) is 0 Å². The van der Waals surface area contributed by atoms with Crippen LogP contribution in [0.15, 0.2) is 0 Å². The van der Waals surface area contributed by atoms with Crippen molar-refractivity contribution in [3.05, 3.63) is 0 Å². The van der Waals surface area contributed by atoms with Crippen molar-refractivity contribution >= 4 is 35.5 Å². The molecule has 0 bridgehead atoms. The Kier molecular flexibility index (Phi) is 9.96. The molecule has 10 heteroatoms. The van der Waals surface area contributed by atoms with Crippen LogP contribution in [0.2, 0.25) is 0 Å². The van der Waals surface area contributed by atoms with Crippen LogP contribution in [0.3, 0.4) is 0 Å². The molecule has 0 aliphatic carbocycles. The summed E-state index contributed by atoms with van der Waals surface area (Å²) in [6, 6.07) is -2.05. The summed E-state index contributed by atoms with van der Waals surface area (Å²) in [5.41, 5.74) is 5.60. The summed E-state index contributed by atoms with van der Waals surface area (Å²) in [6.07, 6.45) is 1.72. The first-order valence-electron chi connectivity index (χ1n) is 6.54. The molecule has 0 spiro atoms. The van der Waals surface area contributed by atoms with E-state index in [1.807, 2.05) is 6.26 Å². The minimum Gasteiger partial charge on any atom is -0.481 e. The van der Waals surface area contributed by atoms with Gasteiger partial charge in [0, 0.05) is 6.42 Å². The van der Waals surface area contributed by atoms with Crippen LogP contribution in [0, 0.1) is 0 Å². The minimum atomic E-state index is -1.34. The lowest BCUT2D eigenvalue weighted by molar-refractivity contribution is -0.143. The van der Waals surface area contributed by atoms with Crippen molar-refractivity contribution in [3.63, 3.8) is 0 Å². The third kappa shape index (κ3) is 9.19. The number of carboxylic acids is 2. The summed E-state index contributed by atoms with van der Waals surface area (Å²) < 4.78 is 0. The molecule has 2 unspecified atom stereocenters. The van der Waals surface area contributed by atoms with Gasteiger partial charge in [0.1, 0.15) is 6.04 Å². The molecule has 0 aromatic rings. The van der Waals surface area contributed by atoms with Crippen molar-refractivity contribution in [2.75, 3.05) is 18.6 Å². The zero-order valence-electron chi connectivity index (χ0n) is 12.2. The van der Waals surface area contributed by atoms with Crippen LogP contribution in [0.1, 0.15) is 19.3 Å². The Balaban J connectivity index is 4.21. The molecule has 0 aromatic carbocycles. The predicted molar refractivity (Wildman–Crippen MR) is 80.4 cm³/mol. The molecule has 126 valence electrons. The van der Waals surface area contributed by atoms with E-state index in [1.165, 1.54) is 11.8 Å². The molecule has 2 atom stereocenters. The van der Waals surface area contributed by atoms with Crippen LogP contribution in [-0.2, 0) is 19.2 Å². The number of carbonyl (C=O) groups is 4. The van der Waals surface area contributed by atoms with Gasteiger partial charge in [0.25, 0.3) is 0 Å². The SMILES string of the molecule is CSCCC(N)C(=O)NCC(=O)NC(CCC(=O)O)C(=O)O. The number of hydrogen-bond acceptors (Lipinski definition) is 6. The number of rotatable bonds is 11. The van der Waals surface area contributed by atoms with Gasteiger partial charge in [0.2, 0.25) is 11.8 Å². The number of carbonyl (C=O) groups excluding carboxylic acids is 2. The van der Waals surface area contributed by atoms with Gasteiger partial charge in [-0.05, 0) is 24.9 Å². The summed E-state index contributed by atoms with van der Waals surface area (Å²) in [5.74, 6) is -3.01. The summed E-state index contributed by atoms with van der Waals surface area (Å²) in [4.78, 5) is 44.4. The second-order valence-corrected chi connectivity index (χ2v) is 5.48. The monoisotopic (exact) mass is 335 g/mol. The van der Waals surface area contributed by atoms with E-state index in [-0.39, 0.29) is 12.8 Å². The Morgan fingerprint density at radius 1 is 1.18 bits per heavy atom. The second-order valence-electron chi connectivity index (χ2n) is 4.50. The van der Waals surface area contributed by atoms with E-state index in [9.17, 15) is 19.2 Å². The van der Waals surface area contributed by atoms with Crippen molar-refractivity contribution in [2.24, 2.45) is 5.73 Å². The van der Waals surface area contributed by atoms with E-state index >= 15 is 0 Å². The van der Waals surface area contributed by atoms with Gasteiger partial charge < -0.3 is 26.6 Å². The number of aliphatic carboxylic acids is 2. The number of amides is 2. The predicted octanol–water partition coefficient (Wildman–Crippen LogP) is -1.38. The molecule has 22 heavy (non-hydrogen) atoms. The van der Waals surface area contributed by atoms with Gasteiger partial charge in [-0.25, -0.2) is 4.79 Å². The van der Waals surface area contributed by atoms with Crippen LogP contribution >= 0.6 is 11.8 Å². The fourth-order valence-electron chi connectivity index (χ4n) is 1.44. The molecule has 6 N–H and O–H groups in total. The second kappa shape index (κ2) is 10.9. The van der Waals surface area contributed by atoms with Crippen molar-refractivity contribution in [1.82, 2.24) is 10.6 Å². The first-order chi connectivity index (χ1) is 10.3. The summed E-state index contributed by atoms with van der Waals surface area (Å²) in [7, 11) is 0. The fourth-order valence-corrected chi connectivity index (χ4v) is 1.93. The molecule has 0 aromatic heterocycles. The zero-order chi connectivity index (χ0) is 17.1. The maximum absolute atomic E-state index is 11.6. The molecular weight excluding hydrogens is 314 g/mol. The quantitative estimate of drug-likeness (QED) is 0.309. The summed E-state index contributed by atoms with van der Waals surface area (Å²) in [6.45, 7) is -0.414. The number of nitrogens with one attached hydrogen (secondary N) is 2. The fraction of sp³-hybridized carbons (Fsp3) is 0.667. The standard InChI is InChI=1S/C12H21N3O6S/c1-22-5-4-7(13)11(19)14-6-9(16)15-8(12(20)21)2-3-10(17)18/h7-8H,2-6,13H2,1H3,(H,14,19)(H,15,16)(H,17,18)(H,20,21). The Labute approximate surface area is 132 Å². The normalized spacial score (nSPS) is 13.0. The topological polar surface area (TPSA) is 159 Å². The largest absolute Gasteiger partial charge is 0.481 e. The molecule has 0 saturated carbocycles. The lowest BCUT2D eigenvalue weighted by Gasteiger charge is -2.15. The van der Waals surface area contributed by atoms with E-state index in [4.69, 9.17) is 15.9 Å². The highest BCUT2D eigenvalue weighted by Crippen LogP contribution is 1.99. The highest BCUT2D eigenvalue weighted by atomic mass is 32.2. The number of carboxylic acid groups (broad SMARTS) is 2. The van der Waals surface area contributed by atoms with Crippen molar-refractivity contribution in [3.8, 4) is 0 Å². The maximum Gasteiger partial charge on any atom is 0.326 e. The first-order valence-corrected chi connectivity index (χ1v) is 7.93. The highest BCUT2D eigenvalue weighted by molar-refractivity contribution is 7.98. The van der Waals surface area contributed by atoms with E-state index in [2.05, 4.69) is 10.6 Å². The number of nitrogens with two attached hydrogens (primary N) is 1. The van der Waals surface area contributed by atoms with Crippen LogP contribution in [-0.4, -0.2) is 64.6 Å². The smallest absolute Gasteiger partial charge is 0.326 e. The molecule has 0 rings (SSSR count). The molecule has 0 fully saturated rings. The number of hydrogen-bond donors (Lipinski definition) is 5. The lowest BCUT2D eigenvalue weighted by atomic mass is 10.1. The van der Waals surface area contributed by atoms with Gasteiger partial charge in [0.05, 0.1) is 12.6 Å². The lowest BCUT2D eigenvalue weighted by Crippen LogP contribution is -2.48. The van der Waals surface area contributed by atoms with Gasteiger partial charge >= 0.3 is 11.9 Å². The van der Waals surface area contributed by atoms with Crippen LogP contribution in [0.25, 0.3) is 0 Å². The van der Waals surface area contributed by atoms with Crippen molar-refractivity contribution in [1.29, 1.82) is 0 Å². The Bertz CT molecular complexity index is 418. The van der Waals surface area contributed by atoms with E-state index in [1.54, 1.807) is 0 Å². The van der Waals surface area contributed by atoms with Gasteiger partial charge in [0.15, 0.2) is 0 Å². The average Bonchev–Trinajstić information content (AvgIpc) is 2.45. The summed E-state index contributed by atoms with van der Waals surface area (Å²) in [5, 5.41) is 21.8.